The van der Waals surface area contributed by atoms with Gasteiger partial charge in [-0.05, 0) is 37.6 Å². The number of hydrogen-bond acceptors (Lipinski definition) is 5. The predicted octanol–water partition coefficient (Wildman–Crippen LogP) is 4.61. The Labute approximate surface area is 179 Å². The van der Waals surface area contributed by atoms with Crippen LogP contribution in [-0.4, -0.2) is 35.5 Å². The lowest BCUT2D eigenvalue weighted by atomic mass is 10.1. The number of rotatable bonds is 6. The summed E-state index contributed by atoms with van der Waals surface area (Å²) in [6.45, 7) is 5.85. The van der Waals surface area contributed by atoms with E-state index in [1.807, 2.05) is 32.0 Å². The highest BCUT2D eigenvalue weighted by atomic mass is 32.1. The Morgan fingerprint density at radius 3 is 2.70 bits per heavy atom. The fourth-order valence-electron chi connectivity index (χ4n) is 3.44. The molecule has 0 unspecified atom stereocenters. The van der Waals surface area contributed by atoms with Crippen molar-refractivity contribution in [3.63, 3.8) is 0 Å². The first-order chi connectivity index (χ1) is 14.5. The van der Waals surface area contributed by atoms with E-state index in [9.17, 15) is 9.18 Å². The number of amides is 1. The van der Waals surface area contributed by atoms with Crippen molar-refractivity contribution in [3.8, 4) is 11.5 Å². The van der Waals surface area contributed by atoms with Crippen LogP contribution in [0.25, 0.3) is 0 Å². The molecular formula is C23H23FN2O3S. The number of para-hydroxylation sites is 1. The maximum absolute atomic E-state index is 13.3. The lowest BCUT2D eigenvalue weighted by Crippen LogP contribution is -2.30. The SMILES string of the molecule is CCN(Cc1cccc2c1OCCO2)C(=O)c1sc(Cc2ccc(F)cc2)nc1C. The smallest absolute Gasteiger partial charge is 0.266 e. The third-order valence-electron chi connectivity index (χ3n) is 4.98. The Bertz CT molecular complexity index is 1050. The normalized spacial score (nSPS) is 12.6. The molecule has 0 atom stereocenters. The standard InChI is InChI=1S/C23H23FN2O3S/c1-3-26(14-17-5-4-6-19-21(17)29-12-11-28-19)23(27)22-15(2)25-20(30-22)13-16-7-9-18(24)10-8-16/h4-10H,3,11-14H2,1-2H3. The number of hydrogen-bond donors (Lipinski definition) is 0. The van der Waals surface area contributed by atoms with Crippen LogP contribution in [0.4, 0.5) is 4.39 Å². The van der Waals surface area contributed by atoms with Crippen molar-refractivity contribution in [2.24, 2.45) is 0 Å². The lowest BCUT2D eigenvalue weighted by molar-refractivity contribution is 0.0753. The van der Waals surface area contributed by atoms with Gasteiger partial charge in [0.25, 0.3) is 5.91 Å². The number of benzene rings is 2. The number of aromatic nitrogens is 1. The van der Waals surface area contributed by atoms with Gasteiger partial charge in [-0.25, -0.2) is 9.37 Å². The maximum atomic E-state index is 13.3. The molecule has 0 saturated heterocycles. The van der Waals surface area contributed by atoms with Crippen LogP contribution in [0.1, 0.15) is 38.4 Å². The summed E-state index contributed by atoms with van der Waals surface area (Å²) in [4.78, 5) is 20.3. The quantitative estimate of drug-likeness (QED) is 0.577. The van der Waals surface area contributed by atoms with Crippen LogP contribution in [0, 0.1) is 12.7 Å². The molecule has 0 bridgehead atoms. The van der Waals surface area contributed by atoms with Gasteiger partial charge < -0.3 is 14.4 Å². The number of carbonyl (C=O) groups excluding carboxylic acids is 1. The van der Waals surface area contributed by atoms with Gasteiger partial charge in [0.15, 0.2) is 11.5 Å². The van der Waals surface area contributed by atoms with E-state index >= 15 is 0 Å². The van der Waals surface area contributed by atoms with Crippen LogP contribution in [-0.2, 0) is 13.0 Å². The highest BCUT2D eigenvalue weighted by Gasteiger charge is 2.23. The zero-order valence-electron chi connectivity index (χ0n) is 17.0. The molecule has 0 radical (unpaired) electrons. The highest BCUT2D eigenvalue weighted by molar-refractivity contribution is 7.13. The van der Waals surface area contributed by atoms with E-state index in [0.29, 0.717) is 43.4 Å². The summed E-state index contributed by atoms with van der Waals surface area (Å²) in [6.07, 6.45) is 0.572. The van der Waals surface area contributed by atoms with Crippen molar-refractivity contribution in [2.75, 3.05) is 19.8 Å². The van der Waals surface area contributed by atoms with E-state index in [2.05, 4.69) is 4.98 Å². The highest BCUT2D eigenvalue weighted by Crippen LogP contribution is 2.34. The molecule has 5 nitrogen and oxygen atoms in total. The van der Waals surface area contributed by atoms with E-state index in [-0.39, 0.29) is 11.7 Å². The van der Waals surface area contributed by atoms with Crippen molar-refractivity contribution in [3.05, 3.63) is 75.0 Å². The van der Waals surface area contributed by atoms with E-state index in [1.165, 1.54) is 23.5 Å². The molecule has 0 saturated carbocycles. The Hall–Kier alpha value is -2.93. The van der Waals surface area contributed by atoms with Gasteiger partial charge in [-0.15, -0.1) is 11.3 Å². The van der Waals surface area contributed by atoms with Gasteiger partial charge in [0.1, 0.15) is 23.9 Å². The first-order valence-corrected chi connectivity index (χ1v) is 10.7. The Morgan fingerprint density at radius 1 is 1.17 bits per heavy atom. The number of carbonyl (C=O) groups is 1. The molecule has 0 N–H and O–H groups in total. The predicted molar refractivity (Wildman–Crippen MR) is 114 cm³/mol. The molecule has 0 spiro atoms. The molecule has 0 aliphatic carbocycles. The summed E-state index contributed by atoms with van der Waals surface area (Å²) in [5.74, 6) is 1.12. The Morgan fingerprint density at radius 2 is 1.93 bits per heavy atom. The average Bonchev–Trinajstić information content (AvgIpc) is 3.13. The fraction of sp³-hybridized carbons (Fsp3) is 0.304. The molecular weight excluding hydrogens is 403 g/mol. The molecule has 156 valence electrons. The largest absolute Gasteiger partial charge is 0.486 e. The minimum atomic E-state index is -0.263. The van der Waals surface area contributed by atoms with Crippen molar-refractivity contribution in [2.45, 2.75) is 26.8 Å². The number of halogens is 1. The van der Waals surface area contributed by atoms with Gasteiger partial charge >= 0.3 is 0 Å². The average molecular weight is 427 g/mol. The van der Waals surface area contributed by atoms with Gasteiger partial charge in [-0.1, -0.05) is 24.3 Å². The molecule has 3 aromatic rings. The van der Waals surface area contributed by atoms with E-state index in [4.69, 9.17) is 9.47 Å². The lowest BCUT2D eigenvalue weighted by Gasteiger charge is -2.25. The molecule has 1 aliphatic rings. The molecule has 2 aromatic carbocycles. The number of fused-ring (bicyclic) bond motifs is 1. The van der Waals surface area contributed by atoms with E-state index in [0.717, 1.165) is 27.6 Å². The summed E-state index contributed by atoms with van der Waals surface area (Å²) < 4.78 is 24.6. The fourth-order valence-corrected chi connectivity index (χ4v) is 4.51. The monoisotopic (exact) mass is 426 g/mol. The third-order valence-corrected chi connectivity index (χ3v) is 6.13. The number of aryl methyl sites for hydroxylation is 1. The minimum Gasteiger partial charge on any atom is -0.486 e. The summed E-state index contributed by atoms with van der Waals surface area (Å²) in [5.41, 5.74) is 2.61. The van der Waals surface area contributed by atoms with Crippen LogP contribution in [0.3, 0.4) is 0 Å². The maximum Gasteiger partial charge on any atom is 0.266 e. The molecule has 1 amide bonds. The molecule has 1 aliphatic heterocycles. The summed E-state index contributed by atoms with van der Waals surface area (Å²) in [7, 11) is 0. The van der Waals surface area contributed by atoms with Crippen LogP contribution < -0.4 is 9.47 Å². The minimum absolute atomic E-state index is 0.0489. The van der Waals surface area contributed by atoms with E-state index < -0.39 is 0 Å². The second-order valence-electron chi connectivity index (χ2n) is 7.09. The van der Waals surface area contributed by atoms with Crippen LogP contribution in [0.5, 0.6) is 11.5 Å². The summed E-state index contributed by atoms with van der Waals surface area (Å²) >= 11 is 1.40. The van der Waals surface area contributed by atoms with Crippen molar-refractivity contribution >= 4 is 17.2 Å². The topological polar surface area (TPSA) is 51.7 Å². The van der Waals surface area contributed by atoms with Crippen LogP contribution in [0.2, 0.25) is 0 Å². The number of nitrogens with zero attached hydrogens (tertiary/aromatic N) is 2. The van der Waals surface area contributed by atoms with Gasteiger partial charge in [0.2, 0.25) is 0 Å². The first kappa shape index (κ1) is 20.3. The molecule has 1 aromatic heterocycles. The summed E-state index contributed by atoms with van der Waals surface area (Å²) in [6, 6.07) is 12.1. The van der Waals surface area contributed by atoms with E-state index in [1.54, 1.807) is 17.0 Å². The number of thiazole rings is 1. The Kier molecular flexibility index (Phi) is 5.99. The molecule has 2 heterocycles. The Balaban J connectivity index is 1.53. The molecule has 7 heteroatoms. The van der Waals surface area contributed by atoms with Crippen molar-refractivity contribution in [1.82, 2.24) is 9.88 Å². The van der Waals surface area contributed by atoms with Gasteiger partial charge in [-0.2, -0.15) is 0 Å². The number of ether oxygens (including phenoxy) is 2. The zero-order valence-corrected chi connectivity index (χ0v) is 17.8. The van der Waals surface area contributed by atoms with Crippen LogP contribution in [0.15, 0.2) is 42.5 Å². The second kappa shape index (κ2) is 8.83. The zero-order chi connectivity index (χ0) is 21.1. The second-order valence-corrected chi connectivity index (χ2v) is 8.17. The van der Waals surface area contributed by atoms with Gasteiger partial charge in [0, 0.05) is 25.1 Å². The van der Waals surface area contributed by atoms with Crippen molar-refractivity contribution < 1.29 is 18.7 Å². The van der Waals surface area contributed by atoms with Crippen molar-refractivity contribution in [1.29, 1.82) is 0 Å². The molecule has 0 fully saturated rings. The summed E-state index contributed by atoms with van der Waals surface area (Å²) in [5, 5.41) is 0.840. The molecule has 4 rings (SSSR count). The van der Waals surface area contributed by atoms with Crippen LogP contribution >= 0.6 is 11.3 Å². The third kappa shape index (κ3) is 4.31. The van der Waals surface area contributed by atoms with Gasteiger partial charge in [0.05, 0.1) is 10.7 Å². The first-order valence-electron chi connectivity index (χ1n) is 9.92. The molecule has 30 heavy (non-hydrogen) atoms. The van der Waals surface area contributed by atoms with Gasteiger partial charge in [-0.3, -0.25) is 4.79 Å².